The van der Waals surface area contributed by atoms with Crippen LogP contribution >= 0.6 is 0 Å². The van der Waals surface area contributed by atoms with Crippen LogP contribution in [0.5, 0.6) is 0 Å². The molecule has 0 spiro atoms. The highest BCUT2D eigenvalue weighted by atomic mass is 15.0. The predicted octanol–water partition coefficient (Wildman–Crippen LogP) is 2.11. The van der Waals surface area contributed by atoms with Crippen LogP contribution in [-0.4, -0.2) is 18.1 Å². The molecular formula is C13H21N3. The summed E-state index contributed by atoms with van der Waals surface area (Å²) < 4.78 is 0. The average Bonchev–Trinajstić information content (AvgIpc) is 2.34. The molecule has 0 aliphatic heterocycles. The number of nitrogens with zero attached hydrogens (tertiary/aromatic N) is 1. The van der Waals surface area contributed by atoms with Gasteiger partial charge in [-0.15, -0.1) is 0 Å². The Morgan fingerprint density at radius 1 is 1.19 bits per heavy atom. The molecule has 3 nitrogen and oxygen atoms in total. The molecule has 0 aromatic carbocycles. The molecule has 0 fully saturated rings. The third kappa shape index (κ3) is 2.95. The Labute approximate surface area is 97.5 Å². The Bertz CT molecular complexity index is 336. The van der Waals surface area contributed by atoms with Gasteiger partial charge in [0.05, 0.1) is 0 Å². The maximum atomic E-state index is 5.46. The molecule has 2 rings (SSSR count). The number of nitrogens with two attached hydrogens (primary N) is 1. The second-order valence-electron chi connectivity index (χ2n) is 4.43. The smallest absolute Gasteiger partial charge is 0.126 e. The van der Waals surface area contributed by atoms with Crippen molar-refractivity contribution in [3.63, 3.8) is 0 Å². The van der Waals surface area contributed by atoms with Crippen molar-refractivity contribution in [3.05, 3.63) is 23.4 Å². The van der Waals surface area contributed by atoms with Crippen molar-refractivity contribution in [1.29, 1.82) is 0 Å². The number of aryl methyl sites for hydroxylation is 2. The summed E-state index contributed by atoms with van der Waals surface area (Å²) in [5, 5.41) is 3.36. The summed E-state index contributed by atoms with van der Waals surface area (Å²) in [6.45, 7) is 1.75. The summed E-state index contributed by atoms with van der Waals surface area (Å²) in [7, 11) is 0. The highest BCUT2D eigenvalue weighted by Gasteiger charge is 2.10. The molecule has 0 atom stereocenters. The van der Waals surface area contributed by atoms with Gasteiger partial charge in [-0.25, -0.2) is 4.98 Å². The molecule has 0 saturated heterocycles. The van der Waals surface area contributed by atoms with Gasteiger partial charge in [0.2, 0.25) is 0 Å². The van der Waals surface area contributed by atoms with Crippen LogP contribution in [0.4, 0.5) is 5.82 Å². The second kappa shape index (κ2) is 5.85. The Kier molecular flexibility index (Phi) is 4.17. The van der Waals surface area contributed by atoms with Crippen LogP contribution < -0.4 is 11.1 Å². The minimum atomic E-state index is 0.777. The molecule has 1 aliphatic rings. The maximum Gasteiger partial charge on any atom is 0.126 e. The Morgan fingerprint density at radius 3 is 2.94 bits per heavy atom. The zero-order valence-electron chi connectivity index (χ0n) is 9.84. The zero-order chi connectivity index (χ0) is 11.2. The molecule has 0 radical (unpaired) electrons. The molecule has 1 aromatic heterocycles. The lowest BCUT2D eigenvalue weighted by Gasteiger charge is -2.15. The molecule has 88 valence electrons. The quantitative estimate of drug-likeness (QED) is 0.746. The molecule has 3 heteroatoms. The predicted molar refractivity (Wildman–Crippen MR) is 67.7 cm³/mol. The molecule has 0 unspecified atom stereocenters. The number of hydrogen-bond acceptors (Lipinski definition) is 3. The van der Waals surface area contributed by atoms with E-state index < -0.39 is 0 Å². The first-order valence-corrected chi connectivity index (χ1v) is 6.33. The van der Waals surface area contributed by atoms with Crippen molar-refractivity contribution in [2.45, 2.75) is 38.5 Å². The molecule has 1 aliphatic carbocycles. The van der Waals surface area contributed by atoms with Gasteiger partial charge in [0.25, 0.3) is 0 Å². The highest BCUT2D eigenvalue weighted by Crippen LogP contribution is 2.20. The van der Waals surface area contributed by atoms with Crippen molar-refractivity contribution in [1.82, 2.24) is 4.98 Å². The van der Waals surface area contributed by atoms with E-state index >= 15 is 0 Å². The molecule has 0 amide bonds. The van der Waals surface area contributed by atoms with Crippen LogP contribution in [0.1, 0.15) is 36.9 Å². The van der Waals surface area contributed by atoms with E-state index in [2.05, 4.69) is 22.4 Å². The lowest BCUT2D eigenvalue weighted by Crippen LogP contribution is -2.10. The number of nitrogens with one attached hydrogen (secondary N) is 1. The van der Waals surface area contributed by atoms with E-state index in [1.165, 1.54) is 30.5 Å². The van der Waals surface area contributed by atoms with Gasteiger partial charge in [0.15, 0.2) is 0 Å². The largest absolute Gasteiger partial charge is 0.370 e. The number of anilines is 1. The molecule has 0 saturated carbocycles. The van der Waals surface area contributed by atoms with Gasteiger partial charge in [-0.1, -0.05) is 6.07 Å². The van der Waals surface area contributed by atoms with Gasteiger partial charge in [0.1, 0.15) is 5.82 Å². The van der Waals surface area contributed by atoms with Gasteiger partial charge < -0.3 is 11.1 Å². The average molecular weight is 219 g/mol. The number of pyridine rings is 1. The first-order chi connectivity index (χ1) is 7.90. The lowest BCUT2D eigenvalue weighted by molar-refractivity contribution is 0.668. The topological polar surface area (TPSA) is 50.9 Å². The van der Waals surface area contributed by atoms with Crippen molar-refractivity contribution < 1.29 is 0 Å². The van der Waals surface area contributed by atoms with Crippen molar-refractivity contribution >= 4 is 5.82 Å². The number of rotatable bonds is 5. The van der Waals surface area contributed by atoms with E-state index in [-0.39, 0.29) is 0 Å². The first kappa shape index (κ1) is 11.4. The summed E-state index contributed by atoms with van der Waals surface area (Å²) in [5.74, 6) is 1.03. The monoisotopic (exact) mass is 219 g/mol. The third-order valence-electron chi connectivity index (χ3n) is 3.12. The minimum Gasteiger partial charge on any atom is -0.370 e. The standard InChI is InChI=1S/C13H21N3/c14-9-3-4-10-15-13-8-7-11-5-1-2-6-12(11)16-13/h7-8H,1-6,9-10,14H2,(H,15,16). The van der Waals surface area contributed by atoms with E-state index in [1.807, 2.05) is 0 Å². The number of aromatic nitrogens is 1. The van der Waals surface area contributed by atoms with Crippen molar-refractivity contribution in [2.75, 3.05) is 18.4 Å². The molecule has 1 aromatic rings. The summed E-state index contributed by atoms with van der Waals surface area (Å²) in [4.78, 5) is 4.67. The van der Waals surface area contributed by atoms with Crippen LogP contribution in [0.3, 0.4) is 0 Å². The molecule has 3 N–H and O–H groups in total. The van der Waals surface area contributed by atoms with Crippen LogP contribution in [0.2, 0.25) is 0 Å². The Hall–Kier alpha value is -1.09. The zero-order valence-corrected chi connectivity index (χ0v) is 9.84. The molecular weight excluding hydrogens is 198 g/mol. The third-order valence-corrected chi connectivity index (χ3v) is 3.12. The first-order valence-electron chi connectivity index (χ1n) is 6.33. The van der Waals surface area contributed by atoms with Gasteiger partial charge in [-0.3, -0.25) is 0 Å². The van der Waals surface area contributed by atoms with Crippen molar-refractivity contribution in [2.24, 2.45) is 5.73 Å². The fraction of sp³-hybridized carbons (Fsp3) is 0.615. The summed E-state index contributed by atoms with van der Waals surface area (Å²) in [5.41, 5.74) is 8.20. The number of unbranched alkanes of at least 4 members (excludes halogenated alkanes) is 1. The SMILES string of the molecule is NCCCCNc1ccc2c(n1)CCCC2. The van der Waals surface area contributed by atoms with Crippen LogP contribution in [0, 0.1) is 0 Å². The normalized spacial score (nSPS) is 14.6. The maximum absolute atomic E-state index is 5.46. The minimum absolute atomic E-state index is 0.777. The van der Waals surface area contributed by atoms with Crippen LogP contribution in [-0.2, 0) is 12.8 Å². The number of hydrogen-bond donors (Lipinski definition) is 2. The van der Waals surface area contributed by atoms with E-state index in [0.29, 0.717) is 0 Å². The van der Waals surface area contributed by atoms with Crippen LogP contribution in [0.25, 0.3) is 0 Å². The second-order valence-corrected chi connectivity index (χ2v) is 4.43. The number of fused-ring (bicyclic) bond motifs is 1. The summed E-state index contributed by atoms with van der Waals surface area (Å²) in [6.07, 6.45) is 7.16. The fourth-order valence-electron chi connectivity index (χ4n) is 2.17. The van der Waals surface area contributed by atoms with Crippen molar-refractivity contribution in [3.8, 4) is 0 Å². The van der Waals surface area contributed by atoms with E-state index in [4.69, 9.17) is 5.73 Å². The van der Waals surface area contributed by atoms with Gasteiger partial charge in [0, 0.05) is 12.2 Å². The van der Waals surface area contributed by atoms with E-state index in [9.17, 15) is 0 Å². The summed E-state index contributed by atoms with van der Waals surface area (Å²) in [6, 6.07) is 4.33. The van der Waals surface area contributed by atoms with Gasteiger partial charge >= 0.3 is 0 Å². The van der Waals surface area contributed by atoms with E-state index in [1.54, 1.807) is 0 Å². The molecule has 1 heterocycles. The van der Waals surface area contributed by atoms with Crippen LogP contribution in [0.15, 0.2) is 12.1 Å². The lowest BCUT2D eigenvalue weighted by atomic mass is 9.96. The molecule has 16 heavy (non-hydrogen) atoms. The highest BCUT2D eigenvalue weighted by molar-refractivity contribution is 5.39. The van der Waals surface area contributed by atoms with Gasteiger partial charge in [-0.2, -0.15) is 0 Å². The summed E-state index contributed by atoms with van der Waals surface area (Å²) >= 11 is 0. The fourth-order valence-corrected chi connectivity index (χ4v) is 2.17. The Morgan fingerprint density at radius 2 is 2.06 bits per heavy atom. The van der Waals surface area contributed by atoms with Gasteiger partial charge in [-0.05, 0) is 56.7 Å². The van der Waals surface area contributed by atoms with E-state index in [0.717, 1.165) is 38.2 Å². The molecule has 0 bridgehead atoms. The Balaban J connectivity index is 1.90.